The van der Waals surface area contributed by atoms with Crippen molar-refractivity contribution in [1.29, 1.82) is 5.39 Å². The quantitative estimate of drug-likeness (QED) is 0.622. The summed E-state index contributed by atoms with van der Waals surface area (Å²) in [6.07, 6.45) is 0. The van der Waals surface area contributed by atoms with Gasteiger partial charge in [0.05, 0.1) is 5.56 Å². The zero-order chi connectivity index (χ0) is 9.10. The predicted molar refractivity (Wildman–Crippen MR) is 54.5 cm³/mol. The molecule has 3 heteroatoms. The van der Waals surface area contributed by atoms with Crippen molar-refractivity contribution in [3.05, 3.63) is 46.8 Å². The third kappa shape index (κ3) is 1.44. The minimum absolute atomic E-state index is 0.616. The van der Waals surface area contributed by atoms with Crippen LogP contribution in [0.2, 0.25) is 0 Å². The Morgan fingerprint density at radius 1 is 1.08 bits per heavy atom. The average molecular weight is 187 g/mol. The number of thiophene rings is 1. The minimum atomic E-state index is 0.616. The van der Waals surface area contributed by atoms with Crippen molar-refractivity contribution in [2.45, 2.75) is 0 Å². The molecule has 1 aromatic heterocycles. The third-order valence-corrected chi connectivity index (χ3v) is 2.70. The lowest BCUT2D eigenvalue weighted by Crippen LogP contribution is -1.70. The SMILES string of the molecule is N#[N+]c1ccccc1-c1cccs1. The summed E-state index contributed by atoms with van der Waals surface area (Å²) in [6, 6.07) is 11.5. The molecule has 0 aliphatic rings. The number of diazo groups is 1. The largest absolute Gasteiger partial charge is 0.393 e. The second-order valence-electron chi connectivity index (χ2n) is 2.59. The highest BCUT2D eigenvalue weighted by molar-refractivity contribution is 7.13. The number of hydrogen-bond acceptors (Lipinski definition) is 2. The fraction of sp³-hybridized carbons (Fsp3) is 0. The van der Waals surface area contributed by atoms with Gasteiger partial charge in [-0.25, -0.2) is 0 Å². The Kier molecular flexibility index (Phi) is 2.07. The van der Waals surface area contributed by atoms with Crippen molar-refractivity contribution < 1.29 is 0 Å². The van der Waals surface area contributed by atoms with Crippen molar-refractivity contribution in [2.75, 3.05) is 0 Å². The molecule has 0 spiro atoms. The molecular formula is C10H7N2S+. The molecule has 2 aromatic rings. The highest BCUT2D eigenvalue weighted by Gasteiger charge is 2.13. The van der Waals surface area contributed by atoms with E-state index >= 15 is 0 Å². The van der Waals surface area contributed by atoms with Crippen molar-refractivity contribution in [2.24, 2.45) is 0 Å². The molecule has 0 aliphatic carbocycles. The molecule has 1 aromatic carbocycles. The third-order valence-electron chi connectivity index (χ3n) is 1.80. The van der Waals surface area contributed by atoms with Gasteiger partial charge in [0.2, 0.25) is 5.39 Å². The fourth-order valence-electron chi connectivity index (χ4n) is 1.20. The Morgan fingerprint density at radius 2 is 1.92 bits per heavy atom. The van der Waals surface area contributed by atoms with Gasteiger partial charge in [0.15, 0.2) is 4.98 Å². The first-order valence-electron chi connectivity index (χ1n) is 3.90. The van der Waals surface area contributed by atoms with Gasteiger partial charge in [0.25, 0.3) is 0 Å². The van der Waals surface area contributed by atoms with Crippen LogP contribution in [0.4, 0.5) is 5.69 Å². The van der Waals surface area contributed by atoms with Gasteiger partial charge in [-0.15, -0.1) is 11.3 Å². The summed E-state index contributed by atoms with van der Waals surface area (Å²) in [5.74, 6) is 0. The maximum Gasteiger partial charge on any atom is 0.393 e. The van der Waals surface area contributed by atoms with Crippen LogP contribution in [0.3, 0.4) is 0 Å². The van der Waals surface area contributed by atoms with Crippen molar-refractivity contribution in [1.82, 2.24) is 0 Å². The molecule has 0 N–H and O–H groups in total. The van der Waals surface area contributed by atoms with E-state index in [4.69, 9.17) is 5.39 Å². The molecule has 0 unspecified atom stereocenters. The van der Waals surface area contributed by atoms with E-state index in [1.165, 1.54) is 0 Å². The van der Waals surface area contributed by atoms with Gasteiger partial charge in [-0.2, -0.15) is 0 Å². The summed E-state index contributed by atoms with van der Waals surface area (Å²) in [5.41, 5.74) is 1.59. The lowest BCUT2D eigenvalue weighted by Gasteiger charge is -1.90. The van der Waals surface area contributed by atoms with Gasteiger partial charge in [-0.1, -0.05) is 18.2 Å². The van der Waals surface area contributed by atoms with Crippen molar-refractivity contribution >= 4 is 17.0 Å². The van der Waals surface area contributed by atoms with Gasteiger partial charge in [-0.3, -0.25) is 0 Å². The van der Waals surface area contributed by atoms with Gasteiger partial charge >= 0.3 is 5.69 Å². The number of rotatable bonds is 1. The molecule has 0 amide bonds. The molecule has 0 bridgehead atoms. The summed E-state index contributed by atoms with van der Waals surface area (Å²) in [6.45, 7) is 0. The monoisotopic (exact) mass is 187 g/mol. The fourth-order valence-corrected chi connectivity index (χ4v) is 1.96. The Bertz CT molecular complexity index is 440. The zero-order valence-electron chi connectivity index (χ0n) is 6.84. The van der Waals surface area contributed by atoms with E-state index < -0.39 is 0 Å². The van der Waals surface area contributed by atoms with Crippen LogP contribution < -0.4 is 0 Å². The second-order valence-corrected chi connectivity index (χ2v) is 3.54. The Morgan fingerprint density at radius 3 is 2.62 bits per heavy atom. The first kappa shape index (κ1) is 7.96. The molecule has 2 nitrogen and oxygen atoms in total. The standard InChI is InChI=1S/C10H7N2S/c11-12-9-5-2-1-4-8(9)10-6-3-7-13-10/h1-7H/q+1. The second kappa shape index (κ2) is 3.38. The molecule has 13 heavy (non-hydrogen) atoms. The normalized spacial score (nSPS) is 9.46. The zero-order valence-corrected chi connectivity index (χ0v) is 7.66. The van der Waals surface area contributed by atoms with Crippen LogP contribution >= 0.6 is 11.3 Å². The molecule has 1 heterocycles. The first-order valence-corrected chi connectivity index (χ1v) is 4.78. The molecular weight excluding hydrogens is 180 g/mol. The smallest absolute Gasteiger partial charge is 0.144 e. The van der Waals surface area contributed by atoms with E-state index in [2.05, 4.69) is 4.98 Å². The minimum Gasteiger partial charge on any atom is -0.144 e. The summed E-state index contributed by atoms with van der Waals surface area (Å²) < 4.78 is 0. The highest BCUT2D eigenvalue weighted by Crippen LogP contribution is 2.32. The molecule has 0 fully saturated rings. The Hall–Kier alpha value is -1.66. The molecule has 0 radical (unpaired) electrons. The Balaban J connectivity index is 2.59. The van der Waals surface area contributed by atoms with Crippen molar-refractivity contribution in [3.8, 4) is 10.4 Å². The topological polar surface area (TPSA) is 28.1 Å². The maximum absolute atomic E-state index is 8.75. The van der Waals surface area contributed by atoms with Crippen LogP contribution in [0.15, 0.2) is 41.8 Å². The Labute approximate surface area is 80.1 Å². The van der Waals surface area contributed by atoms with Crippen LogP contribution in [-0.2, 0) is 0 Å². The van der Waals surface area contributed by atoms with E-state index in [1.807, 2.05) is 35.7 Å². The van der Waals surface area contributed by atoms with E-state index in [1.54, 1.807) is 17.4 Å². The van der Waals surface area contributed by atoms with Crippen molar-refractivity contribution in [3.63, 3.8) is 0 Å². The highest BCUT2D eigenvalue weighted by atomic mass is 32.1. The van der Waals surface area contributed by atoms with E-state index in [-0.39, 0.29) is 0 Å². The summed E-state index contributed by atoms with van der Waals surface area (Å²) in [5, 5.41) is 10.8. The predicted octanol–water partition coefficient (Wildman–Crippen LogP) is 3.90. The maximum atomic E-state index is 8.75. The van der Waals surface area contributed by atoms with E-state index in [0.717, 1.165) is 10.4 Å². The molecule has 0 atom stereocenters. The van der Waals surface area contributed by atoms with Crippen LogP contribution in [0, 0.1) is 5.39 Å². The lowest BCUT2D eigenvalue weighted by molar-refractivity contribution is 1.46. The van der Waals surface area contributed by atoms with Crippen LogP contribution in [0.1, 0.15) is 0 Å². The molecule has 62 valence electrons. The van der Waals surface area contributed by atoms with Gasteiger partial charge in [0.1, 0.15) is 0 Å². The van der Waals surface area contributed by atoms with Crippen LogP contribution in [0.5, 0.6) is 0 Å². The lowest BCUT2D eigenvalue weighted by atomic mass is 10.1. The van der Waals surface area contributed by atoms with E-state index in [0.29, 0.717) is 5.69 Å². The molecule has 2 rings (SSSR count). The van der Waals surface area contributed by atoms with Gasteiger partial charge in [0, 0.05) is 10.9 Å². The summed E-state index contributed by atoms with van der Waals surface area (Å²) in [7, 11) is 0. The summed E-state index contributed by atoms with van der Waals surface area (Å²) in [4.78, 5) is 4.35. The summed E-state index contributed by atoms with van der Waals surface area (Å²) >= 11 is 1.63. The van der Waals surface area contributed by atoms with E-state index in [9.17, 15) is 0 Å². The number of hydrogen-bond donors (Lipinski definition) is 0. The van der Waals surface area contributed by atoms with Crippen LogP contribution in [0.25, 0.3) is 15.4 Å². The molecule has 0 saturated carbocycles. The molecule has 0 aliphatic heterocycles. The number of nitrogens with zero attached hydrogens (tertiary/aromatic N) is 2. The molecule has 0 saturated heterocycles. The average Bonchev–Trinajstić information content (AvgIpc) is 2.70. The first-order chi connectivity index (χ1) is 6.42. The van der Waals surface area contributed by atoms with Crippen LogP contribution in [-0.4, -0.2) is 0 Å². The van der Waals surface area contributed by atoms with Gasteiger partial charge < -0.3 is 0 Å². The number of benzene rings is 1. The van der Waals surface area contributed by atoms with Gasteiger partial charge in [-0.05, 0) is 17.5 Å².